The second-order valence-corrected chi connectivity index (χ2v) is 18.6. The molecule has 1 aromatic carbocycles. The van der Waals surface area contributed by atoms with Gasteiger partial charge in [0.1, 0.15) is 11.5 Å². The Hall–Kier alpha value is -2.06. The second kappa shape index (κ2) is 16.1. The molecule has 0 atom stereocenters. The molecule has 0 amide bonds. The Morgan fingerprint density at radius 2 is 0.959 bits per heavy atom. The maximum atomic E-state index is 13.7. The first-order chi connectivity index (χ1) is 23.5. The van der Waals surface area contributed by atoms with Gasteiger partial charge in [-0.25, -0.2) is 0 Å². The molecule has 0 saturated heterocycles. The lowest BCUT2D eigenvalue weighted by Gasteiger charge is -2.36. The van der Waals surface area contributed by atoms with Gasteiger partial charge in [0.15, 0.2) is 11.6 Å². The molecule has 0 unspecified atom stereocenters. The van der Waals surface area contributed by atoms with Gasteiger partial charge in [0.25, 0.3) is 0 Å². The molecule has 1 aromatic rings. The molecule has 49 heavy (non-hydrogen) atoms. The molecular formula is C41H56O6S2. The molecule has 1 heterocycles. The predicted molar refractivity (Wildman–Crippen MR) is 196 cm³/mol. The molecule has 0 N–H and O–H groups in total. The van der Waals surface area contributed by atoms with Gasteiger partial charge in [0.05, 0.1) is 31.4 Å². The van der Waals surface area contributed by atoms with Gasteiger partial charge in [-0.05, 0) is 145 Å². The first-order valence-electron chi connectivity index (χ1n) is 19.2. The van der Waals surface area contributed by atoms with E-state index in [4.69, 9.17) is 9.47 Å². The van der Waals surface area contributed by atoms with E-state index in [-0.39, 0.29) is 40.9 Å². The number of hydrogen-bond acceptors (Lipinski definition) is 8. The molecule has 0 radical (unpaired) electrons. The van der Waals surface area contributed by atoms with E-state index in [2.05, 4.69) is 13.8 Å². The van der Waals surface area contributed by atoms with Crippen LogP contribution in [0.4, 0.5) is 0 Å². The third-order valence-corrected chi connectivity index (χ3v) is 15.3. The van der Waals surface area contributed by atoms with Crippen molar-refractivity contribution in [2.45, 2.75) is 147 Å². The van der Waals surface area contributed by atoms with Crippen LogP contribution in [0.1, 0.15) is 136 Å². The van der Waals surface area contributed by atoms with Gasteiger partial charge in [-0.15, -0.1) is 0 Å². The van der Waals surface area contributed by atoms with Crippen LogP contribution in [-0.4, -0.2) is 23.5 Å². The maximum absolute atomic E-state index is 13.7. The van der Waals surface area contributed by atoms with Crippen LogP contribution in [0.2, 0.25) is 0 Å². The van der Waals surface area contributed by atoms with Gasteiger partial charge in [0.2, 0.25) is 0 Å². The van der Waals surface area contributed by atoms with Crippen LogP contribution >= 0.6 is 23.5 Å². The number of benzene rings is 1. The van der Waals surface area contributed by atoms with E-state index in [1.807, 2.05) is 6.92 Å². The number of esters is 2. The second-order valence-electron chi connectivity index (χ2n) is 16.3. The van der Waals surface area contributed by atoms with Gasteiger partial charge in [-0.1, -0.05) is 63.1 Å². The molecule has 0 aromatic heterocycles. The van der Waals surface area contributed by atoms with E-state index >= 15 is 0 Å². The number of hydrogen-bond donors (Lipinski definition) is 0. The number of fused-ring (bicyclic) bond motifs is 1. The highest BCUT2D eigenvalue weighted by molar-refractivity contribution is 8.25. The fourth-order valence-electron chi connectivity index (χ4n) is 9.50. The minimum absolute atomic E-state index is 0.129. The Balaban J connectivity index is 1.16. The van der Waals surface area contributed by atoms with E-state index < -0.39 is 0 Å². The van der Waals surface area contributed by atoms with Crippen molar-refractivity contribution < 1.29 is 28.7 Å². The maximum Gasteiger partial charge on any atom is 0.314 e. The minimum atomic E-state index is -0.308. The number of allylic oxidation sites excluding steroid dienone is 1. The molecule has 268 valence electrons. The average molecular weight is 709 g/mol. The molecule has 4 aliphatic carbocycles. The van der Waals surface area contributed by atoms with Gasteiger partial charge >= 0.3 is 11.9 Å². The molecule has 0 spiro atoms. The quantitative estimate of drug-likeness (QED) is 0.0867. The number of thioether (sulfide) groups is 2. The molecule has 4 saturated carbocycles. The van der Waals surface area contributed by atoms with Gasteiger partial charge in [-0.2, -0.15) is 0 Å². The minimum Gasteiger partial charge on any atom is -0.425 e. The smallest absolute Gasteiger partial charge is 0.314 e. The van der Waals surface area contributed by atoms with E-state index in [0.717, 1.165) is 75.0 Å². The molecular weight excluding hydrogens is 653 g/mol. The van der Waals surface area contributed by atoms with E-state index in [9.17, 15) is 19.2 Å². The lowest BCUT2D eigenvalue weighted by molar-refractivity contribution is -0.142. The molecule has 4 fully saturated rings. The van der Waals surface area contributed by atoms with E-state index in [1.165, 1.54) is 88.7 Å². The summed E-state index contributed by atoms with van der Waals surface area (Å²) in [6.45, 7) is 9.39. The standard InChI is InChI=1S/C41H56O6S2/c1-23-6-10-28(11-7-23)30-14-18-32(19-15-30)39(44)46-34-22-25(3)36(38-37(34)48-41(49-38)35(26(4)42)27(5)43)47-40(45)33-20-16-31(17-21-33)29-12-8-24(2)9-13-29/h22-24,28-33H,6-21H2,1-5H3. The summed E-state index contributed by atoms with van der Waals surface area (Å²) in [5, 5.41) is 0. The number of aryl methyl sites for hydroxylation is 1. The number of Topliss-reactive ketones (excluding diaryl/α,β-unsaturated/α-hetero) is 2. The summed E-state index contributed by atoms with van der Waals surface area (Å²) >= 11 is 2.54. The van der Waals surface area contributed by atoms with Crippen molar-refractivity contribution in [2.24, 2.45) is 47.3 Å². The van der Waals surface area contributed by atoms with Gasteiger partial charge in [-0.3, -0.25) is 19.2 Å². The lowest BCUT2D eigenvalue weighted by atomic mass is 9.69. The Labute approximate surface area is 302 Å². The van der Waals surface area contributed by atoms with Crippen molar-refractivity contribution in [2.75, 3.05) is 0 Å². The summed E-state index contributed by atoms with van der Waals surface area (Å²) < 4.78 is 12.9. The van der Waals surface area contributed by atoms with Crippen molar-refractivity contribution in [1.29, 1.82) is 0 Å². The summed E-state index contributed by atoms with van der Waals surface area (Å²) in [6.07, 6.45) is 18.3. The zero-order chi connectivity index (χ0) is 34.8. The average Bonchev–Trinajstić information content (AvgIpc) is 3.51. The molecule has 5 aliphatic rings. The highest BCUT2D eigenvalue weighted by Gasteiger charge is 2.38. The van der Waals surface area contributed by atoms with Crippen LogP contribution in [0.25, 0.3) is 0 Å². The van der Waals surface area contributed by atoms with Crippen molar-refractivity contribution >= 4 is 47.0 Å². The van der Waals surface area contributed by atoms with Crippen molar-refractivity contribution in [1.82, 2.24) is 0 Å². The molecule has 6 rings (SSSR count). The number of ketones is 2. The Morgan fingerprint density at radius 3 is 1.39 bits per heavy atom. The number of rotatable bonds is 8. The fourth-order valence-corrected chi connectivity index (χ4v) is 12.4. The number of carbonyl (C=O) groups excluding carboxylic acids is 4. The van der Waals surface area contributed by atoms with Crippen molar-refractivity contribution in [3.8, 4) is 11.5 Å². The van der Waals surface area contributed by atoms with Crippen LogP contribution in [0.5, 0.6) is 11.5 Å². The van der Waals surface area contributed by atoms with Crippen LogP contribution in [0.15, 0.2) is 25.7 Å². The first-order valence-corrected chi connectivity index (χ1v) is 20.8. The zero-order valence-corrected chi connectivity index (χ0v) is 31.9. The third-order valence-electron chi connectivity index (χ3n) is 12.7. The highest BCUT2D eigenvalue weighted by atomic mass is 32.2. The molecule has 8 heteroatoms. The van der Waals surface area contributed by atoms with Crippen molar-refractivity contribution in [3.63, 3.8) is 0 Å². The highest BCUT2D eigenvalue weighted by Crippen LogP contribution is 2.60. The lowest BCUT2D eigenvalue weighted by Crippen LogP contribution is -2.30. The van der Waals surface area contributed by atoms with Gasteiger partial charge in [0, 0.05) is 0 Å². The van der Waals surface area contributed by atoms with Crippen LogP contribution < -0.4 is 9.47 Å². The normalized spacial score (nSPS) is 31.8. The fraction of sp³-hybridized carbons (Fsp3) is 0.707. The number of carbonyl (C=O) groups is 4. The molecule has 6 nitrogen and oxygen atoms in total. The van der Waals surface area contributed by atoms with E-state index in [1.54, 1.807) is 6.07 Å². The molecule has 1 aliphatic heterocycles. The zero-order valence-electron chi connectivity index (χ0n) is 30.3. The van der Waals surface area contributed by atoms with Crippen LogP contribution in [0, 0.1) is 54.3 Å². The summed E-state index contributed by atoms with van der Waals surface area (Å²) in [5.74, 6) is 4.22. The Kier molecular flexibility index (Phi) is 12.1. The Bertz CT molecular complexity index is 1430. The molecule has 0 bridgehead atoms. The largest absolute Gasteiger partial charge is 0.425 e. The van der Waals surface area contributed by atoms with E-state index in [0.29, 0.717) is 42.9 Å². The van der Waals surface area contributed by atoms with Crippen LogP contribution in [-0.2, 0) is 19.2 Å². The summed E-state index contributed by atoms with van der Waals surface area (Å²) in [7, 11) is 0. The third kappa shape index (κ3) is 8.54. The summed E-state index contributed by atoms with van der Waals surface area (Å²) in [5.41, 5.74) is 0.834. The monoisotopic (exact) mass is 708 g/mol. The summed E-state index contributed by atoms with van der Waals surface area (Å²) in [6, 6.07) is 1.80. The van der Waals surface area contributed by atoms with Gasteiger partial charge < -0.3 is 9.47 Å². The number of ether oxygens (including phenoxy) is 2. The SMILES string of the molecule is CC(=O)C(C(C)=O)=C1Sc2c(OC(=O)C3CCC(C4CCC(C)CC4)CC3)cc(C)c(OC(=O)C3CCC(C4CCC(C)CC4)CC3)c2S1. The Morgan fingerprint density at radius 1 is 0.571 bits per heavy atom. The summed E-state index contributed by atoms with van der Waals surface area (Å²) in [4.78, 5) is 53.7. The topological polar surface area (TPSA) is 86.7 Å². The van der Waals surface area contributed by atoms with Crippen molar-refractivity contribution in [3.05, 3.63) is 21.4 Å². The first kappa shape index (κ1) is 36.7. The predicted octanol–water partition coefficient (Wildman–Crippen LogP) is 10.7. The van der Waals surface area contributed by atoms with Crippen LogP contribution in [0.3, 0.4) is 0 Å².